The van der Waals surface area contributed by atoms with Crippen molar-refractivity contribution in [2.24, 2.45) is 0 Å². The zero-order valence-electron chi connectivity index (χ0n) is 19.0. The molecule has 32 heavy (non-hydrogen) atoms. The first-order valence-corrected chi connectivity index (χ1v) is 16.1. The van der Waals surface area contributed by atoms with Gasteiger partial charge < -0.3 is 14.7 Å². The first-order chi connectivity index (χ1) is 15.5. The van der Waals surface area contributed by atoms with E-state index in [1.807, 2.05) is 91.0 Å². The molecule has 3 aromatic rings. The molecule has 0 radical (unpaired) electrons. The van der Waals surface area contributed by atoms with Crippen molar-refractivity contribution in [2.45, 2.75) is 66.6 Å². The first-order valence-electron chi connectivity index (χ1n) is 11.6. The molecule has 3 N–H and O–H groups in total. The summed E-state index contributed by atoms with van der Waals surface area (Å²) in [6.07, 6.45) is 7.85. The van der Waals surface area contributed by atoms with E-state index in [0.717, 1.165) is 33.9 Å². The van der Waals surface area contributed by atoms with Crippen LogP contribution in [0, 0.1) is 0 Å². The Hall–Kier alpha value is -1.68. The monoisotopic (exact) mass is 472 g/mol. The van der Waals surface area contributed by atoms with Crippen LogP contribution in [0.3, 0.4) is 0 Å². The Morgan fingerprint density at radius 3 is 1.22 bits per heavy atom. The molecule has 0 spiro atoms. The number of unbranched alkanes of at least 4 members (excludes halogenated alkanes) is 6. The third-order valence-corrected chi connectivity index (χ3v) is 18.2. The lowest BCUT2D eigenvalue weighted by Gasteiger charge is -2.53. The van der Waals surface area contributed by atoms with Crippen molar-refractivity contribution in [1.29, 1.82) is 0 Å². The molecule has 0 aliphatic heterocycles. The maximum Gasteiger partial charge on any atom is 0.273 e. The fourth-order valence-electron chi connectivity index (χ4n) is 4.79. The molecular formula is C27H37O3PS. The van der Waals surface area contributed by atoms with Gasteiger partial charge in [0.05, 0.1) is 0 Å². The fourth-order valence-corrected chi connectivity index (χ4v) is 15.2. The van der Waals surface area contributed by atoms with Crippen molar-refractivity contribution in [3.63, 3.8) is 0 Å². The van der Waals surface area contributed by atoms with Gasteiger partial charge in [-0.3, -0.25) is 0 Å². The number of hydrogen-bond donors (Lipinski definition) is 3. The van der Waals surface area contributed by atoms with Crippen LogP contribution in [0.2, 0.25) is 0 Å². The maximum atomic E-state index is 11.5. The Labute approximate surface area is 192 Å². The molecule has 0 heterocycles. The average molecular weight is 473 g/mol. The quantitative estimate of drug-likeness (QED) is 0.203. The maximum absolute atomic E-state index is 11.5. The molecule has 0 bridgehead atoms. The van der Waals surface area contributed by atoms with Crippen molar-refractivity contribution < 1.29 is 14.7 Å². The van der Waals surface area contributed by atoms with Crippen molar-refractivity contribution in [1.82, 2.24) is 0 Å². The predicted molar refractivity (Wildman–Crippen MR) is 138 cm³/mol. The number of rotatable bonds is 11. The smallest absolute Gasteiger partial charge is 0.273 e. The second kappa shape index (κ2) is 11.0. The zero-order chi connectivity index (χ0) is 22.9. The lowest BCUT2D eigenvalue weighted by molar-refractivity contribution is 0.361. The summed E-state index contributed by atoms with van der Waals surface area (Å²) in [7, 11) is -3.64. The third-order valence-electron chi connectivity index (χ3n) is 6.44. The Kier molecular flexibility index (Phi) is 8.55. The van der Waals surface area contributed by atoms with Gasteiger partial charge in [-0.15, -0.1) is 8.34 Å². The Bertz CT molecular complexity index is 945. The lowest BCUT2D eigenvalue weighted by atomic mass is 10.1. The molecule has 0 unspecified atom stereocenters. The van der Waals surface area contributed by atoms with Crippen molar-refractivity contribution >= 4 is 15.1 Å². The molecule has 0 aliphatic rings. The topological polar surface area (TPSA) is 60.7 Å². The Morgan fingerprint density at radius 2 is 0.875 bits per heavy atom. The summed E-state index contributed by atoms with van der Waals surface area (Å²) in [5.41, 5.74) is 0. The molecular weight excluding hydrogens is 435 g/mol. The Balaban J connectivity index is 2.26. The normalized spacial score (nSPS) is 13.4. The van der Waals surface area contributed by atoms with Crippen molar-refractivity contribution in [3.8, 4) is 0 Å². The van der Waals surface area contributed by atoms with Gasteiger partial charge in [0.25, 0.3) is 6.72 Å². The molecule has 0 amide bonds. The van der Waals surface area contributed by atoms with E-state index >= 15 is 0 Å². The SMILES string of the molecule is CCCCCCCCCS(c1ccccc1)(c1ccccc1)(c1ccccc1)=P(O)(O)O. The van der Waals surface area contributed by atoms with Crippen LogP contribution in [0.15, 0.2) is 106 Å². The van der Waals surface area contributed by atoms with E-state index in [1.54, 1.807) is 0 Å². The van der Waals surface area contributed by atoms with Gasteiger partial charge in [-0.25, -0.2) is 0 Å². The summed E-state index contributed by atoms with van der Waals surface area (Å²) in [4.78, 5) is 36.9. The van der Waals surface area contributed by atoms with E-state index < -0.39 is 15.1 Å². The van der Waals surface area contributed by atoms with Crippen LogP contribution >= 0.6 is 6.72 Å². The van der Waals surface area contributed by atoms with Gasteiger partial charge in [0.2, 0.25) is 0 Å². The van der Waals surface area contributed by atoms with E-state index in [-0.39, 0.29) is 0 Å². The third kappa shape index (κ3) is 4.40. The molecule has 3 rings (SSSR count). The molecule has 174 valence electrons. The van der Waals surface area contributed by atoms with Crippen LogP contribution in [0.5, 0.6) is 0 Å². The highest BCUT2D eigenvalue weighted by Gasteiger charge is 2.47. The first kappa shape index (κ1) is 25.0. The number of benzene rings is 3. The van der Waals surface area contributed by atoms with Gasteiger partial charge in [-0.05, 0) is 63.3 Å². The highest BCUT2D eigenvalue weighted by Crippen LogP contribution is 2.68. The zero-order valence-corrected chi connectivity index (χ0v) is 20.7. The summed E-state index contributed by atoms with van der Waals surface area (Å²) < 4.78 is 0. The summed E-state index contributed by atoms with van der Waals surface area (Å²) in [5.74, 6) is 0.514. The Morgan fingerprint density at radius 1 is 0.531 bits per heavy atom. The molecule has 0 fully saturated rings. The van der Waals surface area contributed by atoms with E-state index in [0.29, 0.717) is 5.75 Å². The second-order valence-corrected chi connectivity index (χ2v) is 17.4. The minimum Gasteiger partial charge on any atom is -0.329 e. The molecule has 0 aromatic heterocycles. The van der Waals surface area contributed by atoms with Gasteiger partial charge >= 0.3 is 0 Å². The van der Waals surface area contributed by atoms with Crippen LogP contribution in [0.25, 0.3) is 0 Å². The standard InChI is InChI=1S/C27H37O3PS/c1-2-3-4-5-6-7-17-24-32(31(28,29)30,25-18-11-8-12-19-25,26-20-13-9-14-21-26)27-22-15-10-16-23-27/h8-16,18-23,28-30H,2-7,17,24H2,1H3. The molecule has 3 aromatic carbocycles. The molecule has 3 nitrogen and oxygen atoms in total. The molecule has 0 saturated heterocycles. The van der Waals surface area contributed by atoms with Gasteiger partial charge in [-0.2, -0.15) is 0 Å². The molecule has 0 saturated carbocycles. The molecule has 0 aliphatic carbocycles. The van der Waals surface area contributed by atoms with Crippen LogP contribution in [0.4, 0.5) is 0 Å². The minimum absolute atomic E-state index is 0.514. The van der Waals surface area contributed by atoms with Gasteiger partial charge in [0, 0.05) is 0 Å². The fraction of sp³-hybridized carbons (Fsp3) is 0.333. The van der Waals surface area contributed by atoms with E-state index in [4.69, 9.17) is 0 Å². The van der Waals surface area contributed by atoms with Crippen molar-refractivity contribution in [2.75, 3.05) is 5.75 Å². The van der Waals surface area contributed by atoms with E-state index in [9.17, 15) is 14.7 Å². The highest BCUT2D eigenvalue weighted by atomic mass is 32.6. The summed E-state index contributed by atoms with van der Waals surface area (Å²) >= 11 is 0. The van der Waals surface area contributed by atoms with Crippen LogP contribution in [-0.2, 0) is 8.34 Å². The van der Waals surface area contributed by atoms with Crippen molar-refractivity contribution in [3.05, 3.63) is 91.0 Å². The second-order valence-electron chi connectivity index (χ2n) is 8.42. The van der Waals surface area contributed by atoms with Gasteiger partial charge in [0.1, 0.15) is 0 Å². The molecule has 5 heteroatoms. The lowest BCUT2D eigenvalue weighted by Crippen LogP contribution is -2.39. The summed E-state index contributed by atoms with van der Waals surface area (Å²) in [6, 6.07) is 29.1. The number of hydrogen-bond acceptors (Lipinski definition) is 0. The van der Waals surface area contributed by atoms with E-state index in [1.165, 1.54) is 25.7 Å². The minimum atomic E-state index is -4.41. The summed E-state index contributed by atoms with van der Waals surface area (Å²) in [5, 5.41) is 0. The van der Waals surface area contributed by atoms with Gasteiger partial charge in [0.15, 0.2) is 0 Å². The predicted octanol–water partition coefficient (Wildman–Crippen LogP) is 7.26. The van der Waals surface area contributed by atoms with Gasteiger partial charge in [-0.1, -0.05) is 100 Å². The summed E-state index contributed by atoms with van der Waals surface area (Å²) in [6.45, 7) is -2.19. The largest absolute Gasteiger partial charge is 0.329 e. The highest BCUT2D eigenvalue weighted by molar-refractivity contribution is 8.51. The van der Waals surface area contributed by atoms with Crippen LogP contribution in [0.1, 0.15) is 51.9 Å². The average Bonchev–Trinajstić information content (AvgIpc) is 2.82. The van der Waals surface area contributed by atoms with E-state index in [2.05, 4.69) is 6.92 Å². The van der Waals surface area contributed by atoms with Crippen LogP contribution in [-0.4, -0.2) is 20.4 Å². The molecule has 0 atom stereocenters. The van der Waals surface area contributed by atoms with Crippen LogP contribution < -0.4 is 0 Å².